The molecule has 0 aliphatic carbocycles. The third-order valence-electron chi connectivity index (χ3n) is 5.14. The monoisotopic (exact) mass is 454 g/mol. The molecule has 0 radical (unpaired) electrons. The molecule has 156 valence electrons. The highest BCUT2D eigenvalue weighted by molar-refractivity contribution is 7.89. The second kappa shape index (κ2) is 9.94. The van der Waals surface area contributed by atoms with Crippen molar-refractivity contribution in [3.05, 3.63) is 64.1 Å². The van der Waals surface area contributed by atoms with Crippen LogP contribution in [0.4, 0.5) is 0 Å². The van der Waals surface area contributed by atoms with Crippen LogP contribution in [0.1, 0.15) is 24.8 Å². The predicted octanol–water partition coefficient (Wildman–Crippen LogP) is 4.14. The van der Waals surface area contributed by atoms with Crippen LogP contribution < -0.4 is 5.32 Å². The van der Waals surface area contributed by atoms with E-state index in [0.717, 1.165) is 12.8 Å². The van der Waals surface area contributed by atoms with Gasteiger partial charge in [0.25, 0.3) is 0 Å². The van der Waals surface area contributed by atoms with E-state index in [1.807, 2.05) is 18.2 Å². The van der Waals surface area contributed by atoms with Gasteiger partial charge in [0.2, 0.25) is 15.9 Å². The molecule has 1 aliphatic heterocycles. The Hall–Kier alpha value is -1.60. The van der Waals surface area contributed by atoms with Crippen LogP contribution >= 0.6 is 23.2 Å². The van der Waals surface area contributed by atoms with Crippen molar-refractivity contribution in [1.29, 1.82) is 0 Å². The fourth-order valence-electron chi connectivity index (χ4n) is 3.47. The van der Waals surface area contributed by atoms with Crippen LogP contribution in [-0.4, -0.2) is 38.3 Å². The molecule has 1 amide bonds. The van der Waals surface area contributed by atoms with Gasteiger partial charge in [0, 0.05) is 25.6 Å². The average molecular weight is 455 g/mol. The zero-order chi connectivity index (χ0) is 20.9. The maximum atomic E-state index is 12.9. The molecule has 8 heteroatoms. The van der Waals surface area contributed by atoms with Crippen LogP contribution in [0, 0.1) is 5.92 Å². The Bertz CT molecular complexity index is 944. The molecular formula is C21H24Cl2N2O3S. The van der Waals surface area contributed by atoms with Gasteiger partial charge in [-0.25, -0.2) is 8.42 Å². The molecule has 5 nitrogen and oxygen atoms in total. The van der Waals surface area contributed by atoms with E-state index >= 15 is 0 Å². The van der Waals surface area contributed by atoms with E-state index in [0.29, 0.717) is 19.4 Å². The smallest absolute Gasteiger partial charge is 0.244 e. The van der Waals surface area contributed by atoms with Crippen molar-refractivity contribution < 1.29 is 13.2 Å². The van der Waals surface area contributed by atoms with Crippen LogP contribution in [0.3, 0.4) is 0 Å². The van der Waals surface area contributed by atoms with Gasteiger partial charge in [-0.2, -0.15) is 4.31 Å². The highest BCUT2D eigenvalue weighted by Gasteiger charge is 2.33. The molecule has 0 saturated carbocycles. The van der Waals surface area contributed by atoms with Crippen LogP contribution in [0.5, 0.6) is 0 Å². The summed E-state index contributed by atoms with van der Waals surface area (Å²) < 4.78 is 27.1. The highest BCUT2D eigenvalue weighted by Crippen LogP contribution is 2.32. The molecule has 0 atom stereocenters. The van der Waals surface area contributed by atoms with Crippen molar-refractivity contribution in [3.63, 3.8) is 0 Å². The summed E-state index contributed by atoms with van der Waals surface area (Å²) in [5, 5.41) is 3.22. The van der Waals surface area contributed by atoms with Crippen molar-refractivity contribution in [1.82, 2.24) is 9.62 Å². The lowest BCUT2D eigenvalue weighted by atomic mass is 9.97. The Labute approximate surface area is 182 Å². The van der Waals surface area contributed by atoms with Gasteiger partial charge in [-0.15, -0.1) is 0 Å². The second-order valence-electron chi connectivity index (χ2n) is 7.11. The molecule has 2 aromatic carbocycles. The van der Waals surface area contributed by atoms with Gasteiger partial charge in [-0.1, -0.05) is 59.6 Å². The van der Waals surface area contributed by atoms with Gasteiger partial charge in [0.1, 0.15) is 4.90 Å². The van der Waals surface area contributed by atoms with Crippen LogP contribution in [0.2, 0.25) is 10.0 Å². The first-order valence-corrected chi connectivity index (χ1v) is 11.8. The Morgan fingerprint density at radius 2 is 1.72 bits per heavy atom. The lowest BCUT2D eigenvalue weighted by Gasteiger charge is -2.30. The van der Waals surface area contributed by atoms with Crippen molar-refractivity contribution in [2.24, 2.45) is 5.92 Å². The molecular weight excluding hydrogens is 431 g/mol. The van der Waals surface area contributed by atoms with Gasteiger partial charge in [-0.3, -0.25) is 4.79 Å². The molecule has 1 saturated heterocycles. The number of aryl methyl sites for hydroxylation is 1. The normalized spacial score (nSPS) is 15.9. The zero-order valence-corrected chi connectivity index (χ0v) is 18.3. The average Bonchev–Trinajstić information content (AvgIpc) is 2.73. The molecule has 29 heavy (non-hydrogen) atoms. The van der Waals surface area contributed by atoms with Crippen LogP contribution in [0.25, 0.3) is 0 Å². The van der Waals surface area contributed by atoms with E-state index in [1.54, 1.807) is 12.1 Å². The molecule has 0 bridgehead atoms. The second-order valence-corrected chi connectivity index (χ2v) is 9.80. The fraction of sp³-hybridized carbons (Fsp3) is 0.381. The maximum absolute atomic E-state index is 12.9. The summed E-state index contributed by atoms with van der Waals surface area (Å²) in [6.45, 7) is 1.19. The van der Waals surface area contributed by atoms with E-state index in [9.17, 15) is 13.2 Å². The summed E-state index contributed by atoms with van der Waals surface area (Å²) in [4.78, 5) is 12.4. The van der Waals surface area contributed by atoms with Gasteiger partial charge in [0.15, 0.2) is 0 Å². The Balaban J connectivity index is 1.48. The Morgan fingerprint density at radius 1 is 1.03 bits per heavy atom. The number of piperidine rings is 1. The molecule has 1 fully saturated rings. The fourth-order valence-corrected chi connectivity index (χ4v) is 5.68. The van der Waals surface area contributed by atoms with Gasteiger partial charge >= 0.3 is 0 Å². The van der Waals surface area contributed by atoms with E-state index in [2.05, 4.69) is 17.4 Å². The Kier molecular flexibility index (Phi) is 7.57. The lowest BCUT2D eigenvalue weighted by Crippen LogP contribution is -2.43. The summed E-state index contributed by atoms with van der Waals surface area (Å²) >= 11 is 12.0. The number of sulfonamides is 1. The molecule has 3 rings (SSSR count). The topological polar surface area (TPSA) is 66.5 Å². The first-order valence-electron chi connectivity index (χ1n) is 9.65. The quantitative estimate of drug-likeness (QED) is 0.639. The number of benzene rings is 2. The maximum Gasteiger partial charge on any atom is 0.244 e. The van der Waals surface area contributed by atoms with Crippen molar-refractivity contribution in [3.8, 4) is 0 Å². The van der Waals surface area contributed by atoms with Crippen LogP contribution in [-0.2, 0) is 21.2 Å². The molecule has 0 aromatic heterocycles. The number of halogens is 2. The predicted molar refractivity (Wildman–Crippen MR) is 116 cm³/mol. The third-order valence-corrected chi connectivity index (χ3v) is 8.01. The first-order chi connectivity index (χ1) is 13.9. The minimum atomic E-state index is -3.73. The number of hydrogen-bond donors (Lipinski definition) is 1. The van der Waals surface area contributed by atoms with E-state index in [-0.39, 0.29) is 39.9 Å². The molecule has 1 heterocycles. The Morgan fingerprint density at radius 3 is 2.41 bits per heavy atom. The molecule has 0 unspecified atom stereocenters. The summed E-state index contributed by atoms with van der Waals surface area (Å²) in [7, 11) is -3.73. The molecule has 2 aromatic rings. The van der Waals surface area contributed by atoms with E-state index in [4.69, 9.17) is 23.2 Å². The number of amides is 1. The number of hydrogen-bond acceptors (Lipinski definition) is 3. The highest BCUT2D eigenvalue weighted by atomic mass is 35.5. The SMILES string of the molecule is O=C(NCCCc1ccccc1)C1CCN(S(=O)(=O)c2cccc(Cl)c2Cl)CC1. The van der Waals surface area contributed by atoms with E-state index in [1.165, 1.54) is 15.9 Å². The zero-order valence-electron chi connectivity index (χ0n) is 16.0. The number of nitrogens with zero attached hydrogens (tertiary/aromatic N) is 1. The number of rotatable bonds is 7. The summed E-state index contributed by atoms with van der Waals surface area (Å²) in [6, 6.07) is 14.7. The summed E-state index contributed by atoms with van der Waals surface area (Å²) in [6.07, 6.45) is 2.76. The minimum Gasteiger partial charge on any atom is -0.356 e. The van der Waals surface area contributed by atoms with Gasteiger partial charge < -0.3 is 5.32 Å². The molecule has 0 spiro atoms. The lowest BCUT2D eigenvalue weighted by molar-refractivity contribution is -0.126. The standard InChI is InChI=1S/C21H24Cl2N2O3S/c22-18-9-4-10-19(20(18)23)29(27,28)25-14-11-17(12-15-25)21(26)24-13-5-8-16-6-2-1-3-7-16/h1-4,6-7,9-10,17H,5,8,11-15H2,(H,24,26). The van der Waals surface area contributed by atoms with E-state index < -0.39 is 10.0 Å². The van der Waals surface area contributed by atoms with Crippen molar-refractivity contribution in [2.75, 3.05) is 19.6 Å². The summed E-state index contributed by atoms with van der Waals surface area (Å²) in [5.74, 6) is -0.177. The number of carbonyl (C=O) groups excluding carboxylic acids is 1. The van der Waals surface area contributed by atoms with Crippen molar-refractivity contribution >= 4 is 39.1 Å². The van der Waals surface area contributed by atoms with Crippen LogP contribution in [0.15, 0.2) is 53.4 Å². The largest absolute Gasteiger partial charge is 0.356 e. The first kappa shape index (κ1) is 22.1. The summed E-state index contributed by atoms with van der Waals surface area (Å²) in [5.41, 5.74) is 1.25. The van der Waals surface area contributed by atoms with Gasteiger partial charge in [-0.05, 0) is 43.4 Å². The van der Waals surface area contributed by atoms with Crippen molar-refractivity contribution in [2.45, 2.75) is 30.6 Å². The minimum absolute atomic E-state index is 0.00380. The van der Waals surface area contributed by atoms with Gasteiger partial charge in [0.05, 0.1) is 10.0 Å². The molecule has 1 N–H and O–H groups in total. The number of carbonyl (C=O) groups is 1. The molecule has 1 aliphatic rings. The number of nitrogens with one attached hydrogen (secondary N) is 1. The third kappa shape index (κ3) is 5.51.